The van der Waals surface area contributed by atoms with Crippen molar-refractivity contribution in [2.75, 3.05) is 60.3 Å². The Kier molecular flexibility index (Phi) is 59.0. The van der Waals surface area contributed by atoms with E-state index in [1.807, 2.05) is 0 Å². The molecule has 0 aromatic rings. The average Bonchev–Trinajstić information content (AvgIpc) is 3.34. The second kappa shape index (κ2) is 60.5. The van der Waals surface area contributed by atoms with Crippen molar-refractivity contribution >= 4 is 0 Å². The van der Waals surface area contributed by atoms with E-state index in [-0.39, 0.29) is 12.2 Å². The fourth-order valence-corrected chi connectivity index (χ4v) is 8.41. The maximum absolute atomic E-state index is 6.48. The Balaban J connectivity index is 4.59. The van der Waals surface area contributed by atoms with E-state index < -0.39 is 0 Å². The standard InChI is InChI=1S/C64H119NO4/c1-6-9-12-15-18-21-24-27-30-33-36-39-42-45-48-51-57-66-61-64(69-59-53-50-47-44-41-38-35-32-29-26-23-20-17-14-11-8-3)62-67-60-63(55-54-56-65(4)5)68-58-52-49-46-43-40-37-34-31-28-25-22-19-16-13-10-7-2/h18-23,27-32,63-64H,6-17,24-26,33-62H2,1-5H3. The summed E-state index contributed by atoms with van der Waals surface area (Å²) in [5.74, 6) is 0. The lowest BCUT2D eigenvalue weighted by atomic mass is 10.1. The monoisotopic (exact) mass is 966 g/mol. The molecule has 0 fully saturated rings. The zero-order chi connectivity index (χ0) is 49.9. The van der Waals surface area contributed by atoms with Gasteiger partial charge in [0.2, 0.25) is 0 Å². The molecule has 0 aliphatic rings. The molecule has 0 radical (unpaired) electrons. The van der Waals surface area contributed by atoms with Crippen LogP contribution in [0.1, 0.15) is 265 Å². The third-order valence-corrected chi connectivity index (χ3v) is 12.9. The minimum atomic E-state index is -0.0253. The van der Waals surface area contributed by atoms with Crippen molar-refractivity contribution in [1.82, 2.24) is 4.90 Å². The Labute approximate surface area is 432 Å². The molecule has 0 spiro atoms. The van der Waals surface area contributed by atoms with Crippen LogP contribution in [-0.4, -0.2) is 77.4 Å². The second-order valence-corrected chi connectivity index (χ2v) is 20.3. The summed E-state index contributed by atoms with van der Waals surface area (Å²) in [6.07, 6.45) is 75.9. The highest BCUT2D eigenvalue weighted by atomic mass is 16.6. The Bertz CT molecular complexity index is 1140. The summed E-state index contributed by atoms with van der Waals surface area (Å²) in [6, 6.07) is 0. The van der Waals surface area contributed by atoms with Gasteiger partial charge in [-0.05, 0) is 149 Å². The van der Waals surface area contributed by atoms with Crippen LogP contribution in [0.2, 0.25) is 0 Å². The van der Waals surface area contributed by atoms with Gasteiger partial charge in [0.05, 0.1) is 25.9 Å². The number of hydrogen-bond acceptors (Lipinski definition) is 5. The maximum atomic E-state index is 6.48. The predicted octanol–water partition coefficient (Wildman–Crippen LogP) is 19.6. The fourth-order valence-electron chi connectivity index (χ4n) is 8.41. The van der Waals surface area contributed by atoms with Gasteiger partial charge in [-0.1, -0.05) is 209 Å². The summed E-state index contributed by atoms with van der Waals surface area (Å²) in [6.45, 7) is 12.1. The average molecular weight is 967 g/mol. The van der Waals surface area contributed by atoms with E-state index in [9.17, 15) is 0 Å². The molecule has 5 heteroatoms. The van der Waals surface area contributed by atoms with Gasteiger partial charge in [0, 0.05) is 19.8 Å². The summed E-state index contributed by atoms with van der Waals surface area (Å²) in [4.78, 5) is 2.27. The molecule has 404 valence electrons. The van der Waals surface area contributed by atoms with Gasteiger partial charge in [0.25, 0.3) is 0 Å². The molecule has 0 N–H and O–H groups in total. The fraction of sp³-hybridized carbons (Fsp3) is 0.812. The van der Waals surface area contributed by atoms with E-state index in [2.05, 4.69) is 113 Å². The van der Waals surface area contributed by atoms with E-state index in [1.54, 1.807) is 0 Å². The Morgan fingerprint density at radius 3 is 0.986 bits per heavy atom. The molecule has 0 aliphatic carbocycles. The van der Waals surface area contributed by atoms with Crippen molar-refractivity contribution in [2.45, 2.75) is 277 Å². The normalized spacial score (nSPS) is 13.5. The van der Waals surface area contributed by atoms with Crippen LogP contribution in [0, 0.1) is 0 Å². The summed E-state index contributed by atoms with van der Waals surface area (Å²) in [5, 5.41) is 0. The molecular formula is C64H119NO4. The van der Waals surface area contributed by atoms with E-state index >= 15 is 0 Å². The number of hydrogen-bond donors (Lipinski definition) is 0. The number of rotatable bonds is 57. The van der Waals surface area contributed by atoms with Crippen LogP contribution in [0.5, 0.6) is 0 Å². The van der Waals surface area contributed by atoms with Crippen LogP contribution >= 0.6 is 0 Å². The lowest BCUT2D eigenvalue weighted by Gasteiger charge is -2.22. The van der Waals surface area contributed by atoms with E-state index in [4.69, 9.17) is 18.9 Å². The highest BCUT2D eigenvalue weighted by Crippen LogP contribution is 2.14. The third-order valence-electron chi connectivity index (χ3n) is 12.9. The van der Waals surface area contributed by atoms with Gasteiger partial charge in [0.15, 0.2) is 0 Å². The minimum Gasteiger partial charge on any atom is -0.379 e. The van der Waals surface area contributed by atoms with E-state index in [1.165, 1.54) is 193 Å². The van der Waals surface area contributed by atoms with Gasteiger partial charge in [-0.2, -0.15) is 0 Å². The molecule has 69 heavy (non-hydrogen) atoms. The number of unbranched alkanes of at least 4 members (excludes halogenated alkanes) is 27. The molecular weight excluding hydrogens is 847 g/mol. The first-order valence-electron chi connectivity index (χ1n) is 30.1. The van der Waals surface area contributed by atoms with Crippen molar-refractivity contribution in [3.8, 4) is 0 Å². The topological polar surface area (TPSA) is 40.2 Å². The minimum absolute atomic E-state index is 0.0253. The smallest absolute Gasteiger partial charge is 0.104 e. The molecule has 2 unspecified atom stereocenters. The highest BCUT2D eigenvalue weighted by molar-refractivity contribution is 4.94. The van der Waals surface area contributed by atoms with Crippen molar-refractivity contribution in [3.05, 3.63) is 72.9 Å². The van der Waals surface area contributed by atoms with Crippen molar-refractivity contribution in [2.24, 2.45) is 0 Å². The van der Waals surface area contributed by atoms with Gasteiger partial charge >= 0.3 is 0 Å². The van der Waals surface area contributed by atoms with Gasteiger partial charge < -0.3 is 23.8 Å². The summed E-state index contributed by atoms with van der Waals surface area (Å²) < 4.78 is 25.6. The second-order valence-electron chi connectivity index (χ2n) is 20.3. The molecule has 0 saturated heterocycles. The van der Waals surface area contributed by atoms with Crippen molar-refractivity contribution in [1.29, 1.82) is 0 Å². The summed E-state index contributed by atoms with van der Waals surface area (Å²) >= 11 is 0. The first-order valence-corrected chi connectivity index (χ1v) is 30.1. The van der Waals surface area contributed by atoms with Crippen LogP contribution in [-0.2, 0) is 18.9 Å². The van der Waals surface area contributed by atoms with Crippen LogP contribution in [0.4, 0.5) is 0 Å². The number of nitrogens with zero attached hydrogens (tertiary/aromatic N) is 1. The SMILES string of the molecule is CCCCCC=CCC=CCCCCCCCCOCC(COCC(CCCN(C)C)OCCCCCCCCC=CCC=CCCCCC)OCCCCCCCCC=CCC=CCCCCC. The summed E-state index contributed by atoms with van der Waals surface area (Å²) in [5.41, 5.74) is 0. The first kappa shape index (κ1) is 67.2. The Morgan fingerprint density at radius 1 is 0.304 bits per heavy atom. The van der Waals surface area contributed by atoms with Crippen molar-refractivity contribution < 1.29 is 18.9 Å². The predicted molar refractivity (Wildman–Crippen MR) is 307 cm³/mol. The van der Waals surface area contributed by atoms with Gasteiger partial charge in [-0.15, -0.1) is 0 Å². The van der Waals surface area contributed by atoms with Gasteiger partial charge in [-0.3, -0.25) is 0 Å². The van der Waals surface area contributed by atoms with Gasteiger partial charge in [0.1, 0.15) is 6.10 Å². The quantitative estimate of drug-likeness (QED) is 0.0449. The molecule has 0 heterocycles. The van der Waals surface area contributed by atoms with Crippen LogP contribution < -0.4 is 0 Å². The molecule has 0 saturated carbocycles. The molecule has 0 bridgehead atoms. The molecule has 0 aromatic carbocycles. The molecule has 5 nitrogen and oxygen atoms in total. The molecule has 0 aromatic heterocycles. The zero-order valence-electron chi connectivity index (χ0n) is 47.0. The third kappa shape index (κ3) is 58.7. The van der Waals surface area contributed by atoms with Gasteiger partial charge in [-0.25, -0.2) is 0 Å². The summed E-state index contributed by atoms with van der Waals surface area (Å²) in [7, 11) is 4.31. The maximum Gasteiger partial charge on any atom is 0.104 e. The molecule has 0 aliphatic heterocycles. The lowest BCUT2D eigenvalue weighted by Crippen LogP contribution is -2.30. The van der Waals surface area contributed by atoms with Crippen LogP contribution in [0.3, 0.4) is 0 Å². The molecule has 0 rings (SSSR count). The van der Waals surface area contributed by atoms with Crippen LogP contribution in [0.25, 0.3) is 0 Å². The first-order chi connectivity index (χ1) is 34.1. The largest absolute Gasteiger partial charge is 0.379 e. The zero-order valence-corrected chi connectivity index (χ0v) is 47.0. The van der Waals surface area contributed by atoms with Crippen molar-refractivity contribution in [3.63, 3.8) is 0 Å². The number of allylic oxidation sites excluding steroid dienone is 12. The highest BCUT2D eigenvalue weighted by Gasteiger charge is 2.15. The Morgan fingerprint density at radius 2 is 0.609 bits per heavy atom. The lowest BCUT2D eigenvalue weighted by molar-refractivity contribution is -0.0834. The van der Waals surface area contributed by atoms with Crippen LogP contribution in [0.15, 0.2) is 72.9 Å². The Hall–Kier alpha value is -1.76. The molecule has 2 atom stereocenters. The molecule has 0 amide bonds. The van der Waals surface area contributed by atoms with E-state index in [0.717, 1.165) is 77.7 Å². The van der Waals surface area contributed by atoms with E-state index in [0.29, 0.717) is 19.8 Å². The number of ether oxygens (including phenoxy) is 4.